The van der Waals surface area contributed by atoms with E-state index < -0.39 is 12.1 Å². The molecule has 1 fully saturated rings. The zero-order valence-electron chi connectivity index (χ0n) is 12.2. The van der Waals surface area contributed by atoms with Gasteiger partial charge in [-0.15, -0.1) is 0 Å². The molecule has 3 rings (SSSR count). The van der Waals surface area contributed by atoms with Gasteiger partial charge in [0.15, 0.2) is 6.10 Å². The van der Waals surface area contributed by atoms with Crippen LogP contribution in [0.15, 0.2) is 12.1 Å². The lowest BCUT2D eigenvalue weighted by Gasteiger charge is -2.33. The summed E-state index contributed by atoms with van der Waals surface area (Å²) in [6.45, 7) is 4.07. The standard InChI is InChI=1S/C16H19NO4/c1-8-3-10-7-14(21-13(10)4-9(8)2)15(18)17-12-5-11(6-12)16(19)20/h3-4,11-12,14H,5-7H2,1-2H3,(H,17,18)(H,19,20). The molecule has 112 valence electrons. The van der Waals surface area contributed by atoms with Crippen molar-refractivity contribution < 1.29 is 19.4 Å². The van der Waals surface area contributed by atoms with E-state index in [9.17, 15) is 9.59 Å². The van der Waals surface area contributed by atoms with Crippen LogP contribution in [-0.4, -0.2) is 29.1 Å². The van der Waals surface area contributed by atoms with Crippen molar-refractivity contribution in [3.05, 3.63) is 28.8 Å². The van der Waals surface area contributed by atoms with E-state index in [0.29, 0.717) is 19.3 Å². The predicted octanol–water partition coefficient (Wildman–Crippen LogP) is 1.59. The van der Waals surface area contributed by atoms with Crippen LogP contribution in [-0.2, 0) is 16.0 Å². The van der Waals surface area contributed by atoms with Crippen molar-refractivity contribution in [3.63, 3.8) is 0 Å². The summed E-state index contributed by atoms with van der Waals surface area (Å²) in [7, 11) is 0. The van der Waals surface area contributed by atoms with Crippen molar-refractivity contribution in [1.29, 1.82) is 0 Å². The fourth-order valence-corrected chi connectivity index (χ4v) is 2.89. The largest absolute Gasteiger partial charge is 0.481 e. The minimum absolute atomic E-state index is 0.0330. The highest BCUT2D eigenvalue weighted by molar-refractivity contribution is 5.83. The summed E-state index contributed by atoms with van der Waals surface area (Å²) in [5, 5.41) is 11.7. The number of hydrogen-bond acceptors (Lipinski definition) is 3. The summed E-state index contributed by atoms with van der Waals surface area (Å²) >= 11 is 0. The highest BCUT2D eigenvalue weighted by Gasteiger charge is 2.38. The van der Waals surface area contributed by atoms with Gasteiger partial charge in [0.1, 0.15) is 5.75 Å². The number of carbonyl (C=O) groups is 2. The summed E-state index contributed by atoms with van der Waals surface area (Å²) < 4.78 is 5.72. The van der Waals surface area contributed by atoms with Gasteiger partial charge in [-0.2, -0.15) is 0 Å². The van der Waals surface area contributed by atoms with E-state index in [0.717, 1.165) is 16.9 Å². The molecule has 1 heterocycles. The van der Waals surface area contributed by atoms with Crippen molar-refractivity contribution >= 4 is 11.9 Å². The first-order chi connectivity index (χ1) is 9.94. The summed E-state index contributed by atoms with van der Waals surface area (Å²) in [5.74, 6) is -0.455. The number of carboxylic acids is 1. The van der Waals surface area contributed by atoms with Gasteiger partial charge in [0, 0.05) is 12.5 Å². The van der Waals surface area contributed by atoms with Gasteiger partial charge in [-0.25, -0.2) is 0 Å². The molecule has 0 aromatic heterocycles. The highest BCUT2D eigenvalue weighted by Crippen LogP contribution is 2.32. The molecule has 1 saturated carbocycles. The number of benzene rings is 1. The number of fused-ring (bicyclic) bond motifs is 1. The van der Waals surface area contributed by atoms with Gasteiger partial charge >= 0.3 is 5.97 Å². The molecule has 0 bridgehead atoms. The quantitative estimate of drug-likeness (QED) is 0.886. The first-order valence-electron chi connectivity index (χ1n) is 7.24. The van der Waals surface area contributed by atoms with E-state index in [-0.39, 0.29) is 17.9 Å². The van der Waals surface area contributed by atoms with E-state index in [4.69, 9.17) is 9.84 Å². The molecule has 2 N–H and O–H groups in total. The van der Waals surface area contributed by atoms with Crippen LogP contribution in [0.25, 0.3) is 0 Å². The molecule has 21 heavy (non-hydrogen) atoms. The molecule has 5 heteroatoms. The Labute approximate surface area is 123 Å². The van der Waals surface area contributed by atoms with E-state index in [2.05, 4.69) is 11.4 Å². The summed E-state index contributed by atoms with van der Waals surface area (Å²) in [4.78, 5) is 22.9. The fraction of sp³-hybridized carbons (Fsp3) is 0.500. The first-order valence-corrected chi connectivity index (χ1v) is 7.24. The number of aliphatic carboxylic acids is 1. The Hall–Kier alpha value is -2.04. The minimum atomic E-state index is -0.782. The van der Waals surface area contributed by atoms with E-state index in [1.165, 1.54) is 5.56 Å². The maximum Gasteiger partial charge on any atom is 0.306 e. The van der Waals surface area contributed by atoms with Gasteiger partial charge in [0.2, 0.25) is 0 Å². The Morgan fingerprint density at radius 3 is 2.57 bits per heavy atom. The summed E-state index contributed by atoms with van der Waals surface area (Å²) in [6.07, 6.45) is 1.11. The lowest BCUT2D eigenvalue weighted by atomic mass is 9.80. The Morgan fingerprint density at radius 2 is 1.90 bits per heavy atom. The Kier molecular flexibility index (Phi) is 3.35. The monoisotopic (exact) mass is 289 g/mol. The van der Waals surface area contributed by atoms with E-state index in [1.54, 1.807) is 0 Å². The number of nitrogens with one attached hydrogen (secondary N) is 1. The van der Waals surface area contributed by atoms with Crippen molar-refractivity contribution in [1.82, 2.24) is 5.32 Å². The van der Waals surface area contributed by atoms with Crippen LogP contribution in [0, 0.1) is 19.8 Å². The summed E-state index contributed by atoms with van der Waals surface area (Å²) in [5.41, 5.74) is 3.41. The highest BCUT2D eigenvalue weighted by atomic mass is 16.5. The topological polar surface area (TPSA) is 75.6 Å². The second kappa shape index (κ2) is 5.06. The third kappa shape index (κ3) is 2.60. The second-order valence-electron chi connectivity index (χ2n) is 6.07. The van der Waals surface area contributed by atoms with Crippen molar-refractivity contribution in [3.8, 4) is 5.75 Å². The van der Waals surface area contributed by atoms with Crippen molar-refractivity contribution in [2.75, 3.05) is 0 Å². The number of rotatable bonds is 3. The predicted molar refractivity (Wildman–Crippen MR) is 76.3 cm³/mol. The van der Waals surface area contributed by atoms with Gasteiger partial charge in [-0.05, 0) is 49.4 Å². The summed E-state index contributed by atoms with van der Waals surface area (Å²) in [6, 6.07) is 4.01. The molecule has 1 aromatic rings. The normalized spacial score (nSPS) is 26.5. The fourth-order valence-electron chi connectivity index (χ4n) is 2.89. The van der Waals surface area contributed by atoms with E-state index in [1.807, 2.05) is 19.9 Å². The molecular formula is C16H19NO4. The Bertz CT molecular complexity index is 574. The molecule has 0 spiro atoms. The smallest absolute Gasteiger partial charge is 0.306 e. The SMILES string of the molecule is Cc1cc2c(cc1C)OC(C(=O)NC1CC(C(=O)O)C1)C2. The molecule has 2 aliphatic rings. The van der Waals surface area contributed by atoms with Crippen LogP contribution in [0.5, 0.6) is 5.75 Å². The number of carbonyl (C=O) groups excluding carboxylic acids is 1. The Morgan fingerprint density at radius 1 is 1.24 bits per heavy atom. The third-order valence-corrected chi connectivity index (χ3v) is 4.48. The van der Waals surface area contributed by atoms with Crippen LogP contribution in [0.2, 0.25) is 0 Å². The maximum absolute atomic E-state index is 12.2. The van der Waals surface area contributed by atoms with Crippen molar-refractivity contribution in [2.45, 2.75) is 45.3 Å². The lowest BCUT2D eigenvalue weighted by Crippen LogP contribution is -2.50. The molecule has 1 aromatic carbocycles. The molecular weight excluding hydrogens is 270 g/mol. The van der Waals surface area contributed by atoms with Gasteiger partial charge in [0.05, 0.1) is 5.92 Å². The number of ether oxygens (including phenoxy) is 1. The molecule has 1 unspecified atom stereocenters. The second-order valence-corrected chi connectivity index (χ2v) is 6.07. The van der Waals surface area contributed by atoms with Gasteiger partial charge < -0.3 is 15.2 Å². The molecule has 1 aliphatic heterocycles. The number of carboxylic acid groups (broad SMARTS) is 1. The Balaban J connectivity index is 1.58. The van der Waals surface area contributed by atoms with Crippen LogP contribution >= 0.6 is 0 Å². The number of aryl methyl sites for hydroxylation is 2. The molecule has 1 atom stereocenters. The lowest BCUT2D eigenvalue weighted by molar-refractivity contribution is -0.146. The van der Waals surface area contributed by atoms with Crippen LogP contribution in [0.4, 0.5) is 0 Å². The number of amides is 1. The van der Waals surface area contributed by atoms with Gasteiger partial charge in [0.25, 0.3) is 5.91 Å². The van der Waals surface area contributed by atoms with Crippen LogP contribution < -0.4 is 10.1 Å². The molecule has 1 aliphatic carbocycles. The average Bonchev–Trinajstić information content (AvgIpc) is 2.76. The molecule has 5 nitrogen and oxygen atoms in total. The molecule has 1 amide bonds. The third-order valence-electron chi connectivity index (χ3n) is 4.48. The van der Waals surface area contributed by atoms with Gasteiger partial charge in [-0.3, -0.25) is 9.59 Å². The minimum Gasteiger partial charge on any atom is -0.481 e. The first kappa shape index (κ1) is 13.9. The number of hydrogen-bond donors (Lipinski definition) is 2. The molecule has 0 radical (unpaired) electrons. The average molecular weight is 289 g/mol. The van der Waals surface area contributed by atoms with Gasteiger partial charge in [-0.1, -0.05) is 6.07 Å². The van der Waals surface area contributed by atoms with E-state index >= 15 is 0 Å². The van der Waals surface area contributed by atoms with Crippen LogP contribution in [0.1, 0.15) is 29.5 Å². The van der Waals surface area contributed by atoms with Crippen molar-refractivity contribution in [2.24, 2.45) is 5.92 Å². The van der Waals surface area contributed by atoms with Crippen LogP contribution in [0.3, 0.4) is 0 Å². The molecule has 0 saturated heterocycles. The zero-order valence-corrected chi connectivity index (χ0v) is 12.2. The maximum atomic E-state index is 12.2. The zero-order chi connectivity index (χ0) is 15.1.